The Morgan fingerprint density at radius 2 is 2.08 bits per heavy atom. The third-order valence-electron chi connectivity index (χ3n) is 4.25. The SMILES string of the molecule is O=C(Nc1cccnc1)c1cccc2oc(NC3CCNCC3)nc12. The molecule has 7 heteroatoms. The first kappa shape index (κ1) is 15.6. The van der Waals surface area contributed by atoms with E-state index in [1.807, 2.05) is 6.07 Å². The number of piperidine rings is 1. The average molecular weight is 337 g/mol. The Balaban J connectivity index is 1.57. The zero-order chi connectivity index (χ0) is 17.1. The maximum Gasteiger partial charge on any atom is 0.295 e. The lowest BCUT2D eigenvalue weighted by atomic mass is 10.1. The Kier molecular flexibility index (Phi) is 4.30. The summed E-state index contributed by atoms with van der Waals surface area (Å²) in [5, 5.41) is 9.48. The average Bonchev–Trinajstić information content (AvgIpc) is 3.05. The number of para-hydroxylation sites is 1. The monoisotopic (exact) mass is 337 g/mol. The number of benzene rings is 1. The Morgan fingerprint density at radius 1 is 1.20 bits per heavy atom. The van der Waals surface area contributed by atoms with Gasteiger partial charge >= 0.3 is 0 Å². The number of nitrogens with one attached hydrogen (secondary N) is 3. The van der Waals surface area contributed by atoms with Crippen LogP contribution in [0.3, 0.4) is 0 Å². The molecule has 0 saturated carbocycles. The summed E-state index contributed by atoms with van der Waals surface area (Å²) in [6.45, 7) is 1.97. The normalized spacial score (nSPS) is 15.2. The zero-order valence-electron chi connectivity index (χ0n) is 13.7. The molecule has 128 valence electrons. The van der Waals surface area contributed by atoms with Crippen molar-refractivity contribution in [3.05, 3.63) is 48.3 Å². The molecular formula is C18H19N5O2. The van der Waals surface area contributed by atoms with Crippen LogP contribution in [-0.4, -0.2) is 35.0 Å². The topological polar surface area (TPSA) is 92.1 Å². The molecular weight excluding hydrogens is 318 g/mol. The van der Waals surface area contributed by atoms with Crippen molar-refractivity contribution in [2.45, 2.75) is 18.9 Å². The van der Waals surface area contributed by atoms with Crippen molar-refractivity contribution in [3.63, 3.8) is 0 Å². The van der Waals surface area contributed by atoms with E-state index in [1.165, 1.54) is 0 Å². The summed E-state index contributed by atoms with van der Waals surface area (Å²) in [6.07, 6.45) is 5.30. The second-order valence-electron chi connectivity index (χ2n) is 6.04. The summed E-state index contributed by atoms with van der Waals surface area (Å²) >= 11 is 0. The van der Waals surface area contributed by atoms with E-state index in [-0.39, 0.29) is 5.91 Å². The molecule has 2 aromatic heterocycles. The fraction of sp³-hybridized carbons (Fsp3) is 0.278. The Hall–Kier alpha value is -2.93. The number of carbonyl (C=O) groups is 1. The molecule has 0 bridgehead atoms. The lowest BCUT2D eigenvalue weighted by Crippen LogP contribution is -2.35. The third kappa shape index (κ3) is 3.46. The summed E-state index contributed by atoms with van der Waals surface area (Å²) in [5.41, 5.74) is 2.26. The number of carbonyl (C=O) groups excluding carboxylic acids is 1. The van der Waals surface area contributed by atoms with E-state index in [0.29, 0.717) is 34.4 Å². The van der Waals surface area contributed by atoms with Gasteiger partial charge in [-0.25, -0.2) is 0 Å². The second kappa shape index (κ2) is 6.90. The van der Waals surface area contributed by atoms with E-state index in [1.54, 1.807) is 36.7 Å². The van der Waals surface area contributed by atoms with Gasteiger partial charge in [-0.2, -0.15) is 4.98 Å². The van der Waals surface area contributed by atoms with E-state index in [0.717, 1.165) is 25.9 Å². The summed E-state index contributed by atoms with van der Waals surface area (Å²) in [5.74, 6) is -0.236. The van der Waals surface area contributed by atoms with Crippen LogP contribution < -0.4 is 16.0 Å². The van der Waals surface area contributed by atoms with E-state index in [4.69, 9.17) is 4.42 Å². The van der Waals surface area contributed by atoms with Gasteiger partial charge in [0.1, 0.15) is 5.52 Å². The maximum absolute atomic E-state index is 12.6. The molecule has 1 aliphatic heterocycles. The van der Waals surface area contributed by atoms with Gasteiger partial charge in [0.15, 0.2) is 5.58 Å². The van der Waals surface area contributed by atoms with Gasteiger partial charge in [-0.05, 0) is 50.2 Å². The van der Waals surface area contributed by atoms with Crippen molar-refractivity contribution in [2.24, 2.45) is 0 Å². The van der Waals surface area contributed by atoms with Gasteiger partial charge in [-0.1, -0.05) is 6.07 Å². The number of pyridine rings is 1. The minimum atomic E-state index is -0.236. The molecule has 0 radical (unpaired) electrons. The third-order valence-corrected chi connectivity index (χ3v) is 4.25. The smallest absolute Gasteiger partial charge is 0.295 e. The first-order valence-electron chi connectivity index (χ1n) is 8.38. The van der Waals surface area contributed by atoms with E-state index >= 15 is 0 Å². The number of oxazole rings is 1. The summed E-state index contributed by atoms with van der Waals surface area (Å²) < 4.78 is 5.78. The molecule has 1 saturated heterocycles. The first-order chi connectivity index (χ1) is 12.3. The largest absolute Gasteiger partial charge is 0.424 e. The van der Waals surface area contributed by atoms with Gasteiger partial charge in [0.05, 0.1) is 17.4 Å². The molecule has 3 heterocycles. The summed E-state index contributed by atoms with van der Waals surface area (Å²) in [6, 6.07) is 9.71. The molecule has 3 aromatic rings. The van der Waals surface area contributed by atoms with Crippen LogP contribution in [0.4, 0.5) is 11.7 Å². The fourth-order valence-corrected chi connectivity index (χ4v) is 2.97. The molecule has 0 unspecified atom stereocenters. The van der Waals surface area contributed by atoms with Crippen LogP contribution in [0.1, 0.15) is 23.2 Å². The Bertz CT molecular complexity index is 872. The van der Waals surface area contributed by atoms with Crippen LogP contribution in [0.5, 0.6) is 0 Å². The van der Waals surface area contributed by atoms with Crippen LogP contribution in [-0.2, 0) is 0 Å². The number of nitrogens with zero attached hydrogens (tertiary/aromatic N) is 2. The zero-order valence-corrected chi connectivity index (χ0v) is 13.7. The summed E-state index contributed by atoms with van der Waals surface area (Å²) in [7, 11) is 0. The molecule has 4 rings (SSSR count). The Labute approximate surface area is 144 Å². The second-order valence-corrected chi connectivity index (χ2v) is 6.04. The van der Waals surface area contributed by atoms with Gasteiger partial charge in [0.2, 0.25) is 0 Å². The number of hydrogen-bond acceptors (Lipinski definition) is 6. The maximum atomic E-state index is 12.6. The van der Waals surface area contributed by atoms with Gasteiger partial charge in [0.25, 0.3) is 11.9 Å². The molecule has 3 N–H and O–H groups in total. The highest BCUT2D eigenvalue weighted by atomic mass is 16.4. The standard InChI is InChI=1S/C18H19N5O2/c24-17(21-13-3-2-8-20-11-13)14-4-1-5-15-16(14)23-18(25-15)22-12-6-9-19-10-7-12/h1-5,8,11-12,19H,6-7,9-10H2,(H,21,24)(H,22,23). The van der Waals surface area contributed by atoms with E-state index in [2.05, 4.69) is 25.9 Å². The van der Waals surface area contributed by atoms with Crippen LogP contribution in [0.25, 0.3) is 11.1 Å². The van der Waals surface area contributed by atoms with Crippen molar-refractivity contribution < 1.29 is 9.21 Å². The van der Waals surface area contributed by atoms with Crippen molar-refractivity contribution >= 4 is 28.7 Å². The molecule has 25 heavy (non-hydrogen) atoms. The van der Waals surface area contributed by atoms with E-state index < -0.39 is 0 Å². The van der Waals surface area contributed by atoms with Crippen molar-refractivity contribution in [2.75, 3.05) is 23.7 Å². The number of anilines is 2. The number of rotatable bonds is 4. The highest BCUT2D eigenvalue weighted by Crippen LogP contribution is 2.24. The Morgan fingerprint density at radius 3 is 2.88 bits per heavy atom. The molecule has 1 aliphatic rings. The van der Waals surface area contributed by atoms with Gasteiger partial charge < -0.3 is 20.4 Å². The number of amides is 1. The van der Waals surface area contributed by atoms with Crippen LogP contribution in [0, 0.1) is 0 Å². The van der Waals surface area contributed by atoms with Crippen molar-refractivity contribution in [1.82, 2.24) is 15.3 Å². The predicted molar refractivity (Wildman–Crippen MR) is 95.7 cm³/mol. The lowest BCUT2D eigenvalue weighted by Gasteiger charge is -2.22. The lowest BCUT2D eigenvalue weighted by molar-refractivity contribution is 0.102. The first-order valence-corrected chi connectivity index (χ1v) is 8.38. The minimum Gasteiger partial charge on any atom is -0.424 e. The predicted octanol–water partition coefficient (Wildman–Crippen LogP) is 2.64. The molecule has 1 amide bonds. The number of fused-ring (bicyclic) bond motifs is 1. The highest BCUT2D eigenvalue weighted by molar-refractivity contribution is 6.11. The van der Waals surface area contributed by atoms with Gasteiger partial charge in [-0.15, -0.1) is 0 Å². The molecule has 1 fully saturated rings. The van der Waals surface area contributed by atoms with Gasteiger partial charge in [0, 0.05) is 12.2 Å². The highest BCUT2D eigenvalue weighted by Gasteiger charge is 2.18. The van der Waals surface area contributed by atoms with Crippen LogP contribution in [0.2, 0.25) is 0 Å². The molecule has 1 aromatic carbocycles. The molecule has 0 spiro atoms. The van der Waals surface area contributed by atoms with Crippen molar-refractivity contribution in [3.8, 4) is 0 Å². The number of aromatic nitrogens is 2. The minimum absolute atomic E-state index is 0.236. The van der Waals surface area contributed by atoms with Gasteiger partial charge in [-0.3, -0.25) is 9.78 Å². The van der Waals surface area contributed by atoms with Crippen molar-refractivity contribution in [1.29, 1.82) is 0 Å². The molecule has 0 aliphatic carbocycles. The van der Waals surface area contributed by atoms with E-state index in [9.17, 15) is 4.79 Å². The number of hydrogen-bond donors (Lipinski definition) is 3. The quantitative estimate of drug-likeness (QED) is 0.678. The molecule has 0 atom stereocenters. The fourth-order valence-electron chi connectivity index (χ4n) is 2.97. The van der Waals surface area contributed by atoms with Crippen LogP contribution >= 0.6 is 0 Å². The molecule has 7 nitrogen and oxygen atoms in total. The van der Waals surface area contributed by atoms with Crippen LogP contribution in [0.15, 0.2) is 47.1 Å². The summed E-state index contributed by atoms with van der Waals surface area (Å²) in [4.78, 5) is 21.1.